The van der Waals surface area contributed by atoms with Gasteiger partial charge in [-0.15, -0.1) is 0 Å². The summed E-state index contributed by atoms with van der Waals surface area (Å²) in [6.07, 6.45) is 10.8. The van der Waals surface area contributed by atoms with E-state index in [-0.39, 0.29) is 0 Å². The Morgan fingerprint density at radius 2 is 2.45 bits per heavy atom. The van der Waals surface area contributed by atoms with Crippen LogP contribution in [0.3, 0.4) is 0 Å². The van der Waals surface area contributed by atoms with E-state index in [1.165, 1.54) is 25.8 Å². The summed E-state index contributed by atoms with van der Waals surface area (Å²) in [7, 11) is 2.22. The topological polar surface area (TPSA) is 3.24 Å². The van der Waals surface area contributed by atoms with Crippen molar-refractivity contribution in [2.75, 3.05) is 13.6 Å². The molecule has 0 saturated carbocycles. The Labute approximate surface area is 68.4 Å². The van der Waals surface area contributed by atoms with Gasteiger partial charge in [-0.25, -0.2) is 0 Å². The molecule has 3 aliphatic rings. The molecule has 1 heteroatoms. The summed E-state index contributed by atoms with van der Waals surface area (Å²) < 4.78 is 0. The third-order valence-corrected chi connectivity index (χ3v) is 2.70. The Hall–Kier alpha value is -0.560. The highest BCUT2D eigenvalue weighted by Gasteiger charge is 2.16. The molecule has 0 saturated heterocycles. The Morgan fingerprint density at radius 1 is 1.55 bits per heavy atom. The van der Waals surface area contributed by atoms with E-state index in [9.17, 15) is 0 Å². The average molecular weight is 149 g/mol. The molecule has 0 radical (unpaired) electrons. The minimum atomic E-state index is 0.680. The number of nitrogens with zero attached hydrogens (tertiary/aromatic N) is 1. The number of rotatable bonds is 0. The summed E-state index contributed by atoms with van der Waals surface area (Å²) in [5, 5.41) is 0. The first-order valence-electron chi connectivity index (χ1n) is 4.44. The van der Waals surface area contributed by atoms with Crippen LogP contribution < -0.4 is 0 Å². The molecule has 2 heterocycles. The monoisotopic (exact) mass is 149 g/mol. The second-order valence-corrected chi connectivity index (χ2v) is 3.53. The standard InChI is InChI=1S/C10H15N/c1-11-8-2-3-9-4-6-10(11)7-5-9/h4-6,10H,2-3,7-8H2,1H3. The lowest BCUT2D eigenvalue weighted by Gasteiger charge is -2.29. The molecule has 0 amide bonds. The third-order valence-electron chi connectivity index (χ3n) is 2.70. The number of hydrogen-bond donors (Lipinski definition) is 0. The van der Waals surface area contributed by atoms with E-state index in [1.54, 1.807) is 5.57 Å². The maximum absolute atomic E-state index is 2.45. The SMILES string of the molecule is CN1CCCC2=CCC1C=C2. The molecule has 60 valence electrons. The number of likely N-dealkylation sites (N-methyl/N-ethyl adjacent to an activating group) is 1. The van der Waals surface area contributed by atoms with Crippen molar-refractivity contribution in [1.29, 1.82) is 0 Å². The second kappa shape index (κ2) is 2.82. The highest BCUT2D eigenvalue weighted by Crippen LogP contribution is 2.21. The van der Waals surface area contributed by atoms with Crippen LogP contribution in [0.15, 0.2) is 23.8 Å². The molecule has 0 aromatic rings. The molecule has 0 aromatic heterocycles. The van der Waals surface area contributed by atoms with Gasteiger partial charge < -0.3 is 0 Å². The van der Waals surface area contributed by atoms with Crippen LogP contribution in [0.1, 0.15) is 19.3 Å². The highest BCUT2D eigenvalue weighted by molar-refractivity contribution is 5.26. The lowest BCUT2D eigenvalue weighted by molar-refractivity contribution is 0.271. The highest BCUT2D eigenvalue weighted by atomic mass is 15.1. The van der Waals surface area contributed by atoms with Gasteiger partial charge in [-0.2, -0.15) is 0 Å². The summed E-state index contributed by atoms with van der Waals surface area (Å²) >= 11 is 0. The van der Waals surface area contributed by atoms with Gasteiger partial charge in [0.2, 0.25) is 0 Å². The van der Waals surface area contributed by atoms with Gasteiger partial charge in [-0.3, -0.25) is 4.90 Å². The minimum Gasteiger partial charge on any atom is -0.300 e. The number of allylic oxidation sites excluding steroid dienone is 2. The largest absolute Gasteiger partial charge is 0.300 e. The summed E-state index contributed by atoms with van der Waals surface area (Å²) in [5.74, 6) is 0. The van der Waals surface area contributed by atoms with Crippen LogP contribution >= 0.6 is 0 Å². The molecule has 3 rings (SSSR count). The molecule has 1 unspecified atom stereocenters. The van der Waals surface area contributed by atoms with Crippen molar-refractivity contribution in [2.24, 2.45) is 0 Å². The molecule has 1 aliphatic carbocycles. The fourth-order valence-corrected chi connectivity index (χ4v) is 1.86. The van der Waals surface area contributed by atoms with E-state index in [1.807, 2.05) is 0 Å². The molecule has 0 N–H and O–H groups in total. The Balaban J connectivity index is 2.19. The second-order valence-electron chi connectivity index (χ2n) is 3.53. The van der Waals surface area contributed by atoms with Gasteiger partial charge in [0, 0.05) is 6.04 Å². The lowest BCUT2D eigenvalue weighted by atomic mass is 9.96. The van der Waals surface area contributed by atoms with Crippen molar-refractivity contribution in [2.45, 2.75) is 25.3 Å². The molecule has 2 bridgehead atoms. The summed E-state index contributed by atoms with van der Waals surface area (Å²) in [6.45, 7) is 1.26. The molecular formula is C10H15N. The maximum Gasteiger partial charge on any atom is 0.0313 e. The molecular weight excluding hydrogens is 134 g/mol. The first kappa shape index (κ1) is 7.11. The molecule has 2 aliphatic heterocycles. The summed E-state index contributed by atoms with van der Waals surface area (Å²) in [6, 6.07) is 0.680. The van der Waals surface area contributed by atoms with Crippen LogP contribution in [0, 0.1) is 0 Å². The van der Waals surface area contributed by atoms with E-state index in [2.05, 4.69) is 30.2 Å². The van der Waals surface area contributed by atoms with Gasteiger partial charge in [-0.05, 0) is 32.9 Å². The molecule has 1 atom stereocenters. The molecule has 0 spiro atoms. The Bertz CT molecular complexity index is 203. The quantitative estimate of drug-likeness (QED) is 0.509. The van der Waals surface area contributed by atoms with Crippen molar-refractivity contribution in [1.82, 2.24) is 4.90 Å². The van der Waals surface area contributed by atoms with Gasteiger partial charge in [0.15, 0.2) is 0 Å². The normalized spacial score (nSPS) is 31.4. The van der Waals surface area contributed by atoms with Crippen molar-refractivity contribution < 1.29 is 0 Å². The van der Waals surface area contributed by atoms with E-state index in [4.69, 9.17) is 0 Å². The van der Waals surface area contributed by atoms with Crippen LogP contribution in [-0.4, -0.2) is 24.5 Å². The van der Waals surface area contributed by atoms with Crippen molar-refractivity contribution >= 4 is 0 Å². The van der Waals surface area contributed by atoms with Crippen molar-refractivity contribution in [3.05, 3.63) is 23.8 Å². The number of hydrogen-bond acceptors (Lipinski definition) is 1. The van der Waals surface area contributed by atoms with Crippen LogP contribution in [0.5, 0.6) is 0 Å². The zero-order valence-corrected chi connectivity index (χ0v) is 7.09. The van der Waals surface area contributed by atoms with Crippen LogP contribution in [0.2, 0.25) is 0 Å². The van der Waals surface area contributed by atoms with Gasteiger partial charge in [0.25, 0.3) is 0 Å². The van der Waals surface area contributed by atoms with Gasteiger partial charge in [-0.1, -0.05) is 23.8 Å². The molecule has 0 fully saturated rings. The summed E-state index contributed by atoms with van der Waals surface area (Å²) in [5.41, 5.74) is 1.55. The first-order chi connectivity index (χ1) is 5.36. The fraction of sp³-hybridized carbons (Fsp3) is 0.600. The van der Waals surface area contributed by atoms with E-state index in [0.29, 0.717) is 6.04 Å². The van der Waals surface area contributed by atoms with E-state index >= 15 is 0 Å². The molecule has 11 heavy (non-hydrogen) atoms. The lowest BCUT2D eigenvalue weighted by Crippen LogP contribution is -2.33. The van der Waals surface area contributed by atoms with Crippen molar-refractivity contribution in [3.8, 4) is 0 Å². The van der Waals surface area contributed by atoms with Gasteiger partial charge in [0.05, 0.1) is 0 Å². The van der Waals surface area contributed by atoms with Gasteiger partial charge >= 0.3 is 0 Å². The van der Waals surface area contributed by atoms with Crippen molar-refractivity contribution in [3.63, 3.8) is 0 Å². The maximum atomic E-state index is 2.45. The zero-order chi connectivity index (χ0) is 7.68. The predicted molar refractivity (Wildman–Crippen MR) is 47.5 cm³/mol. The third kappa shape index (κ3) is 1.38. The average Bonchev–Trinajstić information content (AvgIpc) is 2.01. The fourth-order valence-electron chi connectivity index (χ4n) is 1.86. The van der Waals surface area contributed by atoms with Gasteiger partial charge in [0.1, 0.15) is 0 Å². The van der Waals surface area contributed by atoms with E-state index < -0.39 is 0 Å². The Kier molecular flexibility index (Phi) is 1.82. The summed E-state index contributed by atoms with van der Waals surface area (Å²) in [4.78, 5) is 2.45. The predicted octanol–water partition coefficient (Wildman–Crippen LogP) is 1.97. The van der Waals surface area contributed by atoms with Crippen LogP contribution in [-0.2, 0) is 0 Å². The van der Waals surface area contributed by atoms with Crippen LogP contribution in [0.25, 0.3) is 0 Å². The zero-order valence-electron chi connectivity index (χ0n) is 7.09. The van der Waals surface area contributed by atoms with E-state index in [0.717, 1.165) is 0 Å². The smallest absolute Gasteiger partial charge is 0.0313 e. The first-order valence-corrected chi connectivity index (χ1v) is 4.44. The van der Waals surface area contributed by atoms with Crippen LogP contribution in [0.4, 0.5) is 0 Å². The molecule has 1 nitrogen and oxygen atoms in total. The number of fused-ring (bicyclic) bond motifs is 4. The Morgan fingerprint density at radius 3 is 3.18 bits per heavy atom. The molecule has 0 aromatic carbocycles. The minimum absolute atomic E-state index is 0.680.